The van der Waals surface area contributed by atoms with E-state index < -0.39 is 5.97 Å². The molecule has 0 saturated heterocycles. The minimum Gasteiger partial charge on any atom is -0.476 e. The van der Waals surface area contributed by atoms with Crippen LogP contribution >= 0.6 is 23.1 Å². The van der Waals surface area contributed by atoms with Gasteiger partial charge in [0.15, 0.2) is 5.69 Å². The van der Waals surface area contributed by atoms with Crippen molar-refractivity contribution in [3.63, 3.8) is 0 Å². The van der Waals surface area contributed by atoms with E-state index in [-0.39, 0.29) is 5.69 Å². The number of carboxylic acids is 1. The fourth-order valence-electron chi connectivity index (χ4n) is 1.97. The van der Waals surface area contributed by atoms with Crippen molar-refractivity contribution >= 4 is 34.1 Å². The van der Waals surface area contributed by atoms with Crippen LogP contribution in [0, 0.1) is 0 Å². The van der Waals surface area contributed by atoms with Crippen LogP contribution in [0.2, 0.25) is 0 Å². The molecule has 1 aliphatic carbocycles. The van der Waals surface area contributed by atoms with Crippen LogP contribution in [0.25, 0.3) is 0 Å². The highest BCUT2D eigenvalue weighted by Crippen LogP contribution is 2.32. The highest BCUT2D eigenvalue weighted by atomic mass is 32.2. The summed E-state index contributed by atoms with van der Waals surface area (Å²) in [6.07, 6.45) is 5.56. The lowest BCUT2D eigenvalue weighted by atomic mass is 10.2. The Kier molecular flexibility index (Phi) is 3.70. The van der Waals surface area contributed by atoms with Crippen LogP contribution in [-0.2, 0) is 0 Å². The number of anilines is 1. The highest BCUT2D eigenvalue weighted by molar-refractivity contribution is 7.99. The van der Waals surface area contributed by atoms with Gasteiger partial charge in [-0.05, 0) is 25.5 Å². The molecule has 2 N–H and O–H groups in total. The number of thioether (sulfide) groups is 1. The Morgan fingerprint density at radius 1 is 1.69 bits per heavy atom. The Hall–Kier alpha value is -0.750. The summed E-state index contributed by atoms with van der Waals surface area (Å²) in [5.74, 6) is -0.955. The summed E-state index contributed by atoms with van der Waals surface area (Å²) in [6, 6.07) is 0.399. The molecule has 2 atom stereocenters. The van der Waals surface area contributed by atoms with Gasteiger partial charge in [-0.3, -0.25) is 0 Å². The number of nitrogens with zero attached hydrogens (tertiary/aromatic N) is 1. The zero-order valence-electron chi connectivity index (χ0n) is 8.97. The molecular formula is C10H14N2O2S2. The average molecular weight is 258 g/mol. The van der Waals surface area contributed by atoms with E-state index in [4.69, 9.17) is 5.11 Å². The van der Waals surface area contributed by atoms with Crippen molar-refractivity contribution in [3.8, 4) is 0 Å². The minimum atomic E-state index is -0.955. The van der Waals surface area contributed by atoms with Gasteiger partial charge in [0.2, 0.25) is 0 Å². The number of thiazole rings is 1. The Morgan fingerprint density at radius 2 is 2.50 bits per heavy atom. The second kappa shape index (κ2) is 5.05. The van der Waals surface area contributed by atoms with E-state index in [2.05, 4.69) is 16.6 Å². The van der Waals surface area contributed by atoms with Gasteiger partial charge in [-0.25, -0.2) is 9.78 Å². The molecule has 0 spiro atoms. The first kappa shape index (κ1) is 11.7. The van der Waals surface area contributed by atoms with E-state index in [0.29, 0.717) is 16.3 Å². The largest absolute Gasteiger partial charge is 0.476 e. The second-order valence-electron chi connectivity index (χ2n) is 3.85. The molecule has 88 valence electrons. The SMILES string of the molecule is CSC1CCC(Nc2scnc2C(=O)O)C1. The maximum atomic E-state index is 10.9. The third-order valence-corrected chi connectivity index (χ3v) is 4.68. The molecule has 0 amide bonds. The first-order valence-electron chi connectivity index (χ1n) is 5.16. The summed E-state index contributed by atoms with van der Waals surface area (Å²) in [4.78, 5) is 14.7. The standard InChI is InChI=1S/C10H14N2O2S2/c1-15-7-3-2-6(4-7)12-9-8(10(13)14)11-5-16-9/h5-7,12H,2-4H2,1H3,(H,13,14). The smallest absolute Gasteiger partial charge is 0.357 e. The maximum absolute atomic E-state index is 10.9. The Labute approximate surface area is 102 Å². The molecule has 1 aromatic heterocycles. The lowest BCUT2D eigenvalue weighted by molar-refractivity contribution is 0.0692. The summed E-state index contributed by atoms with van der Waals surface area (Å²) in [5.41, 5.74) is 1.73. The van der Waals surface area contributed by atoms with Gasteiger partial charge in [0, 0.05) is 11.3 Å². The molecule has 1 fully saturated rings. The molecule has 6 heteroatoms. The second-order valence-corrected chi connectivity index (χ2v) is 5.84. The zero-order valence-corrected chi connectivity index (χ0v) is 10.6. The van der Waals surface area contributed by atoms with Gasteiger partial charge in [0.05, 0.1) is 5.51 Å². The van der Waals surface area contributed by atoms with E-state index in [1.807, 2.05) is 11.8 Å². The summed E-state index contributed by atoms with van der Waals surface area (Å²) >= 11 is 3.25. The predicted molar refractivity (Wildman–Crippen MR) is 67.6 cm³/mol. The normalized spacial score (nSPS) is 24.6. The minimum absolute atomic E-state index is 0.151. The van der Waals surface area contributed by atoms with Crippen LogP contribution in [0.1, 0.15) is 29.8 Å². The number of aromatic carboxylic acids is 1. The Balaban J connectivity index is 1.99. The summed E-state index contributed by atoms with van der Waals surface area (Å²) < 4.78 is 0. The van der Waals surface area contributed by atoms with Crippen molar-refractivity contribution in [2.24, 2.45) is 0 Å². The number of aromatic nitrogens is 1. The quantitative estimate of drug-likeness (QED) is 0.869. The molecule has 16 heavy (non-hydrogen) atoms. The molecule has 0 aromatic carbocycles. The van der Waals surface area contributed by atoms with Gasteiger partial charge in [-0.1, -0.05) is 0 Å². The third-order valence-electron chi connectivity index (χ3n) is 2.82. The summed E-state index contributed by atoms with van der Waals surface area (Å²) in [7, 11) is 0. The highest BCUT2D eigenvalue weighted by Gasteiger charge is 2.25. The molecule has 0 radical (unpaired) electrons. The van der Waals surface area contributed by atoms with Crippen LogP contribution < -0.4 is 5.32 Å². The molecule has 2 rings (SSSR count). The number of hydrogen-bond acceptors (Lipinski definition) is 5. The molecule has 1 aromatic rings. The molecule has 0 aliphatic heterocycles. The van der Waals surface area contributed by atoms with Crippen molar-refractivity contribution in [2.75, 3.05) is 11.6 Å². The zero-order chi connectivity index (χ0) is 11.5. The molecule has 1 heterocycles. The number of nitrogens with one attached hydrogen (secondary N) is 1. The lowest BCUT2D eigenvalue weighted by Gasteiger charge is -2.12. The summed E-state index contributed by atoms with van der Waals surface area (Å²) in [6.45, 7) is 0. The van der Waals surface area contributed by atoms with Crippen molar-refractivity contribution < 1.29 is 9.90 Å². The van der Waals surface area contributed by atoms with Gasteiger partial charge in [-0.2, -0.15) is 11.8 Å². The average Bonchev–Trinajstić information content (AvgIpc) is 2.87. The van der Waals surface area contributed by atoms with E-state index >= 15 is 0 Å². The number of carboxylic acid groups (broad SMARTS) is 1. The Bertz CT molecular complexity index is 381. The molecule has 4 nitrogen and oxygen atoms in total. The fourth-order valence-corrected chi connectivity index (χ4v) is 3.52. The van der Waals surface area contributed by atoms with Crippen LogP contribution in [0.5, 0.6) is 0 Å². The van der Waals surface area contributed by atoms with Crippen molar-refractivity contribution in [1.29, 1.82) is 0 Å². The first-order chi connectivity index (χ1) is 7.70. The number of rotatable bonds is 4. The van der Waals surface area contributed by atoms with Gasteiger partial charge in [-0.15, -0.1) is 11.3 Å². The van der Waals surface area contributed by atoms with Crippen molar-refractivity contribution in [2.45, 2.75) is 30.6 Å². The topological polar surface area (TPSA) is 62.2 Å². The fraction of sp³-hybridized carbons (Fsp3) is 0.600. The molecule has 1 saturated carbocycles. The van der Waals surface area contributed by atoms with E-state index in [1.165, 1.54) is 17.8 Å². The van der Waals surface area contributed by atoms with Crippen LogP contribution in [-0.4, -0.2) is 33.6 Å². The monoisotopic (exact) mass is 258 g/mol. The van der Waals surface area contributed by atoms with Crippen LogP contribution in [0.15, 0.2) is 5.51 Å². The predicted octanol–water partition coefficient (Wildman–Crippen LogP) is 2.54. The van der Waals surface area contributed by atoms with E-state index in [9.17, 15) is 4.79 Å². The third kappa shape index (κ3) is 2.49. The van der Waals surface area contributed by atoms with E-state index in [0.717, 1.165) is 12.8 Å². The van der Waals surface area contributed by atoms with Crippen LogP contribution in [0.3, 0.4) is 0 Å². The number of hydrogen-bond donors (Lipinski definition) is 2. The van der Waals surface area contributed by atoms with Gasteiger partial charge in [0.25, 0.3) is 0 Å². The molecular weight excluding hydrogens is 244 g/mol. The summed E-state index contributed by atoms with van der Waals surface area (Å²) in [5, 5.41) is 13.6. The Morgan fingerprint density at radius 3 is 3.12 bits per heavy atom. The van der Waals surface area contributed by atoms with Gasteiger partial charge < -0.3 is 10.4 Å². The molecule has 0 bridgehead atoms. The van der Waals surface area contributed by atoms with Crippen molar-refractivity contribution in [1.82, 2.24) is 4.98 Å². The van der Waals surface area contributed by atoms with Crippen molar-refractivity contribution in [3.05, 3.63) is 11.2 Å². The lowest BCUT2D eigenvalue weighted by Crippen LogP contribution is -2.17. The van der Waals surface area contributed by atoms with Crippen LogP contribution in [0.4, 0.5) is 5.00 Å². The molecule has 2 unspecified atom stereocenters. The number of carbonyl (C=O) groups is 1. The molecule has 1 aliphatic rings. The maximum Gasteiger partial charge on any atom is 0.357 e. The van der Waals surface area contributed by atoms with Gasteiger partial charge in [0.1, 0.15) is 5.00 Å². The first-order valence-corrected chi connectivity index (χ1v) is 7.33. The van der Waals surface area contributed by atoms with E-state index in [1.54, 1.807) is 5.51 Å². The van der Waals surface area contributed by atoms with Gasteiger partial charge >= 0.3 is 5.97 Å².